The van der Waals surface area contributed by atoms with Gasteiger partial charge in [0, 0.05) is 11.6 Å². The number of fused-ring (bicyclic) bond motifs is 1. The minimum Gasteiger partial charge on any atom is -0.494 e. The fourth-order valence-corrected chi connectivity index (χ4v) is 5.40. The highest BCUT2D eigenvalue weighted by molar-refractivity contribution is 9.09. The molecule has 2 bridgehead atoms. The van der Waals surface area contributed by atoms with Crippen molar-refractivity contribution in [2.24, 2.45) is 23.7 Å². The van der Waals surface area contributed by atoms with Crippen LogP contribution in [-0.4, -0.2) is 29.4 Å². The van der Waals surface area contributed by atoms with Crippen LogP contribution in [0.3, 0.4) is 0 Å². The van der Waals surface area contributed by atoms with Gasteiger partial charge in [0.25, 0.3) is 0 Å². The Kier molecular flexibility index (Phi) is 3.59. The van der Waals surface area contributed by atoms with Crippen molar-refractivity contribution in [1.29, 1.82) is 0 Å². The average Bonchev–Trinajstić information content (AvgIpc) is 3.13. The topological polar surface area (TPSA) is 64.6 Å². The number of anilines is 1. The summed E-state index contributed by atoms with van der Waals surface area (Å²) < 4.78 is 10.8. The fourth-order valence-electron chi connectivity index (χ4n) is 4.36. The molecular weight excluding hydrogens is 362 g/mol. The van der Waals surface area contributed by atoms with Gasteiger partial charge in [-0.05, 0) is 43.5 Å². The maximum absolute atomic E-state index is 12.7. The molecule has 3 aliphatic rings. The van der Waals surface area contributed by atoms with E-state index in [-0.39, 0.29) is 46.5 Å². The number of carbonyl (C=O) groups is 2. The van der Waals surface area contributed by atoms with Crippen LogP contribution in [-0.2, 0) is 14.3 Å². The normalized spacial score (nSPS) is 36.9. The Bertz CT molecular complexity index is 646. The van der Waals surface area contributed by atoms with E-state index in [2.05, 4.69) is 21.2 Å². The van der Waals surface area contributed by atoms with Gasteiger partial charge in [0.2, 0.25) is 5.91 Å². The lowest BCUT2D eigenvalue weighted by atomic mass is 9.79. The van der Waals surface area contributed by atoms with Crippen LogP contribution in [0.25, 0.3) is 0 Å². The Morgan fingerprint density at radius 3 is 2.78 bits per heavy atom. The maximum Gasteiger partial charge on any atom is 0.310 e. The number of amides is 1. The Balaban J connectivity index is 1.50. The summed E-state index contributed by atoms with van der Waals surface area (Å²) in [5.74, 6) is 0.249. The molecule has 1 saturated heterocycles. The average molecular weight is 380 g/mol. The van der Waals surface area contributed by atoms with Crippen molar-refractivity contribution in [1.82, 2.24) is 0 Å². The summed E-state index contributed by atoms with van der Waals surface area (Å²) in [5, 5.41) is 2.94. The monoisotopic (exact) mass is 379 g/mol. The molecule has 1 aromatic rings. The number of alkyl halides is 1. The Morgan fingerprint density at radius 2 is 2.09 bits per heavy atom. The van der Waals surface area contributed by atoms with E-state index in [1.54, 1.807) is 0 Å². The van der Waals surface area contributed by atoms with Gasteiger partial charge in [-0.1, -0.05) is 15.9 Å². The third-order valence-electron chi connectivity index (χ3n) is 5.26. The standard InChI is InChI=1S/C17H18BrNO4/c1-2-22-9-5-3-8(4-6-9)19-16(20)12-10-7-11-13(12)17(21)23-15(11)14(10)18/h3-6,10-15H,2,7H2,1H3,(H,19,20)/t10-,11+,12+,13-,14+,15-/m0/s1. The minimum atomic E-state index is -0.304. The first-order valence-electron chi connectivity index (χ1n) is 7.98. The van der Waals surface area contributed by atoms with Gasteiger partial charge in [-0.25, -0.2) is 0 Å². The highest BCUT2D eigenvalue weighted by atomic mass is 79.9. The zero-order valence-electron chi connectivity index (χ0n) is 12.7. The third-order valence-corrected chi connectivity index (χ3v) is 6.46. The molecule has 0 spiro atoms. The minimum absolute atomic E-state index is 0.0490. The summed E-state index contributed by atoms with van der Waals surface area (Å²) in [6.07, 6.45) is 0.838. The second-order valence-electron chi connectivity index (χ2n) is 6.41. The summed E-state index contributed by atoms with van der Waals surface area (Å²) in [6, 6.07) is 7.29. The first-order valence-corrected chi connectivity index (χ1v) is 8.90. The van der Waals surface area contributed by atoms with Gasteiger partial charge in [0.05, 0.1) is 23.3 Å². The van der Waals surface area contributed by atoms with E-state index in [1.807, 2.05) is 31.2 Å². The van der Waals surface area contributed by atoms with Crippen LogP contribution in [0.5, 0.6) is 5.75 Å². The van der Waals surface area contributed by atoms with E-state index in [0.29, 0.717) is 6.61 Å². The van der Waals surface area contributed by atoms with Gasteiger partial charge < -0.3 is 14.8 Å². The number of rotatable bonds is 4. The van der Waals surface area contributed by atoms with Crippen molar-refractivity contribution < 1.29 is 19.1 Å². The largest absolute Gasteiger partial charge is 0.494 e. The quantitative estimate of drug-likeness (QED) is 0.644. The van der Waals surface area contributed by atoms with Gasteiger partial charge >= 0.3 is 5.97 Å². The van der Waals surface area contributed by atoms with Crippen molar-refractivity contribution in [2.45, 2.75) is 24.3 Å². The van der Waals surface area contributed by atoms with E-state index in [4.69, 9.17) is 9.47 Å². The highest BCUT2D eigenvalue weighted by Gasteiger charge is 2.67. The van der Waals surface area contributed by atoms with Crippen molar-refractivity contribution >= 4 is 33.5 Å². The lowest BCUT2D eigenvalue weighted by molar-refractivity contribution is -0.145. The van der Waals surface area contributed by atoms with Gasteiger partial charge in [-0.2, -0.15) is 0 Å². The number of benzene rings is 1. The Labute approximate surface area is 142 Å². The number of nitrogens with one attached hydrogen (secondary N) is 1. The van der Waals surface area contributed by atoms with Crippen LogP contribution in [0.15, 0.2) is 24.3 Å². The van der Waals surface area contributed by atoms with Gasteiger partial charge in [0.1, 0.15) is 11.9 Å². The van der Waals surface area contributed by atoms with Crippen molar-refractivity contribution in [2.75, 3.05) is 11.9 Å². The zero-order valence-corrected chi connectivity index (χ0v) is 14.3. The molecule has 1 N–H and O–H groups in total. The molecule has 1 aliphatic heterocycles. The van der Waals surface area contributed by atoms with E-state index < -0.39 is 0 Å². The smallest absolute Gasteiger partial charge is 0.310 e. The molecule has 0 aromatic heterocycles. The van der Waals surface area contributed by atoms with Crippen LogP contribution in [0.4, 0.5) is 5.69 Å². The molecule has 3 fully saturated rings. The second-order valence-corrected chi connectivity index (χ2v) is 7.46. The highest BCUT2D eigenvalue weighted by Crippen LogP contribution is 2.60. The molecule has 122 valence electrons. The summed E-state index contributed by atoms with van der Waals surface area (Å²) in [4.78, 5) is 24.9. The first kappa shape index (κ1) is 15.0. The molecule has 1 amide bonds. The predicted octanol–water partition coefficient (Wildman–Crippen LogP) is 2.59. The van der Waals surface area contributed by atoms with Gasteiger partial charge in [-0.3, -0.25) is 9.59 Å². The molecule has 2 saturated carbocycles. The predicted molar refractivity (Wildman–Crippen MR) is 87.4 cm³/mol. The Hall–Kier alpha value is -1.56. The van der Waals surface area contributed by atoms with Crippen LogP contribution in [0.1, 0.15) is 13.3 Å². The SMILES string of the molecule is CCOc1ccc(NC(=O)[C@@H]2[C@@H]3C[C@H]4[C@H](OC(=O)[C@@H]42)[C@@H]3Br)cc1. The van der Waals surface area contributed by atoms with Gasteiger partial charge in [0.15, 0.2) is 0 Å². The molecular formula is C17H18BrNO4. The van der Waals surface area contributed by atoms with Crippen molar-refractivity contribution in [3.05, 3.63) is 24.3 Å². The van der Waals surface area contributed by atoms with E-state index in [1.165, 1.54) is 0 Å². The van der Waals surface area contributed by atoms with Gasteiger partial charge in [-0.15, -0.1) is 0 Å². The number of esters is 1. The zero-order chi connectivity index (χ0) is 16.1. The summed E-state index contributed by atoms with van der Waals surface area (Å²) >= 11 is 3.62. The Morgan fingerprint density at radius 1 is 1.35 bits per heavy atom. The molecule has 1 heterocycles. The van der Waals surface area contributed by atoms with Crippen LogP contribution in [0.2, 0.25) is 0 Å². The third kappa shape index (κ3) is 2.26. The first-order chi connectivity index (χ1) is 11.1. The summed E-state index contributed by atoms with van der Waals surface area (Å²) in [5.41, 5.74) is 0.718. The second kappa shape index (κ2) is 5.51. The molecule has 4 rings (SSSR count). The number of carbonyl (C=O) groups excluding carboxylic acids is 2. The van der Waals surface area contributed by atoms with E-state index in [9.17, 15) is 9.59 Å². The molecule has 6 atom stereocenters. The number of hydrogen-bond acceptors (Lipinski definition) is 4. The molecule has 1 aromatic carbocycles. The molecule has 6 heteroatoms. The fraction of sp³-hybridized carbons (Fsp3) is 0.529. The number of halogens is 1. The molecule has 2 aliphatic carbocycles. The summed E-state index contributed by atoms with van der Waals surface area (Å²) in [6.45, 7) is 2.53. The molecule has 0 radical (unpaired) electrons. The van der Waals surface area contributed by atoms with E-state index >= 15 is 0 Å². The lowest BCUT2D eigenvalue weighted by Crippen LogP contribution is -2.40. The number of ether oxygens (including phenoxy) is 2. The van der Waals surface area contributed by atoms with Crippen LogP contribution < -0.4 is 10.1 Å². The lowest BCUT2D eigenvalue weighted by Gasteiger charge is -2.27. The summed E-state index contributed by atoms with van der Waals surface area (Å²) in [7, 11) is 0. The number of hydrogen-bond donors (Lipinski definition) is 1. The van der Waals surface area contributed by atoms with Crippen LogP contribution >= 0.6 is 15.9 Å². The van der Waals surface area contributed by atoms with Crippen LogP contribution in [0, 0.1) is 23.7 Å². The maximum atomic E-state index is 12.7. The molecule has 0 unspecified atom stereocenters. The molecule has 23 heavy (non-hydrogen) atoms. The molecule has 5 nitrogen and oxygen atoms in total. The van der Waals surface area contributed by atoms with E-state index in [0.717, 1.165) is 17.9 Å². The van der Waals surface area contributed by atoms with Crippen molar-refractivity contribution in [3.63, 3.8) is 0 Å². The van der Waals surface area contributed by atoms with Crippen molar-refractivity contribution in [3.8, 4) is 5.75 Å².